The molecule has 0 aliphatic heterocycles. The van der Waals surface area contributed by atoms with Crippen LogP contribution >= 0.6 is 0 Å². The third-order valence-electron chi connectivity index (χ3n) is 2.38. The van der Waals surface area contributed by atoms with E-state index < -0.39 is 16.8 Å². The van der Waals surface area contributed by atoms with Gasteiger partial charge in [-0.2, -0.15) is 0 Å². The highest BCUT2D eigenvalue weighted by Crippen LogP contribution is 2.09. The van der Waals surface area contributed by atoms with Crippen molar-refractivity contribution in [2.24, 2.45) is 0 Å². The number of carbonyl (C=O) groups is 1. The first-order chi connectivity index (χ1) is 7.66. The van der Waals surface area contributed by atoms with Crippen molar-refractivity contribution in [1.82, 2.24) is 0 Å². The quantitative estimate of drug-likeness (QED) is 0.547. The molecule has 0 bridgehead atoms. The predicted molar refractivity (Wildman–Crippen MR) is 53.3 cm³/mol. The zero-order chi connectivity index (χ0) is 12.2. The molecular weight excluding hydrogens is 232 g/mol. The molecule has 0 saturated carbocycles. The van der Waals surface area contributed by atoms with Gasteiger partial charge in [0.25, 0.3) is 0 Å². The Labute approximate surface area is 100 Å². The summed E-state index contributed by atoms with van der Waals surface area (Å²) in [6.45, 7) is 2.19. The summed E-state index contributed by atoms with van der Waals surface area (Å²) >= 11 is 0. The molecule has 96 valence electrons. The van der Waals surface area contributed by atoms with Crippen molar-refractivity contribution in [2.45, 2.75) is 64.7 Å². The van der Waals surface area contributed by atoms with Crippen LogP contribution in [0.3, 0.4) is 0 Å². The lowest BCUT2D eigenvalue weighted by atomic mass is 10.1. The van der Waals surface area contributed by atoms with E-state index in [0.29, 0.717) is 6.42 Å². The summed E-state index contributed by atoms with van der Waals surface area (Å²) in [5.74, 6) is -0.670. The van der Waals surface area contributed by atoms with Crippen LogP contribution < -0.4 is 9.32 Å². The van der Waals surface area contributed by atoms with Crippen LogP contribution in [0.4, 0.5) is 0 Å². The standard InChI is InChI=1S/C11H21ClO4/c1-2-3-4-5-6-7-8-9-10-11(13)16-12(14)15/h2-10H2,1H3. The van der Waals surface area contributed by atoms with Gasteiger partial charge in [-0.25, -0.2) is 4.79 Å². The zero-order valence-corrected chi connectivity index (χ0v) is 10.6. The Bertz CT molecular complexity index is 173. The molecule has 0 unspecified atom stereocenters. The second-order valence-electron chi connectivity index (χ2n) is 3.86. The van der Waals surface area contributed by atoms with Gasteiger partial charge in [0.1, 0.15) is 0 Å². The Balaban J connectivity index is 3.11. The summed E-state index contributed by atoms with van der Waals surface area (Å²) in [4.78, 5) is 10.8. The van der Waals surface area contributed by atoms with E-state index >= 15 is 0 Å². The van der Waals surface area contributed by atoms with Crippen LogP contribution in [0.1, 0.15) is 64.7 Å². The highest BCUT2D eigenvalue weighted by molar-refractivity contribution is 5.68. The molecule has 0 rings (SSSR count). The number of carbonyl (C=O) groups excluding carboxylic acids is 1. The first-order valence-electron chi connectivity index (χ1n) is 5.93. The molecule has 0 aromatic heterocycles. The van der Waals surface area contributed by atoms with Crippen LogP contribution in [0.15, 0.2) is 0 Å². The maximum Gasteiger partial charge on any atom is 0.421 e. The van der Waals surface area contributed by atoms with E-state index in [1.165, 1.54) is 32.1 Å². The van der Waals surface area contributed by atoms with E-state index in [9.17, 15) is 14.1 Å². The summed E-state index contributed by atoms with van der Waals surface area (Å²) in [6.07, 6.45) is 9.23. The first-order valence-corrected chi connectivity index (χ1v) is 6.86. The van der Waals surface area contributed by atoms with Gasteiger partial charge in [0.2, 0.25) is 0 Å². The van der Waals surface area contributed by atoms with E-state index in [0.717, 1.165) is 12.8 Å². The molecule has 0 fully saturated rings. The molecule has 4 nitrogen and oxygen atoms in total. The molecule has 0 spiro atoms. The number of hydrogen-bond acceptors (Lipinski definition) is 4. The van der Waals surface area contributed by atoms with Gasteiger partial charge in [0.05, 0.1) is 6.42 Å². The predicted octanol–water partition coefficient (Wildman–Crippen LogP) is 1.15. The molecule has 0 aliphatic carbocycles. The highest BCUT2D eigenvalue weighted by atomic mass is 35.6. The van der Waals surface area contributed by atoms with Crippen molar-refractivity contribution in [2.75, 3.05) is 0 Å². The Morgan fingerprint density at radius 3 is 2.00 bits per heavy atom. The fraction of sp³-hybridized carbons (Fsp3) is 0.909. The van der Waals surface area contributed by atoms with Crippen LogP contribution in [0.2, 0.25) is 0 Å². The number of halogens is 1. The minimum absolute atomic E-state index is 0.188. The highest BCUT2D eigenvalue weighted by Gasteiger charge is 2.16. The Morgan fingerprint density at radius 1 is 1.00 bits per heavy atom. The van der Waals surface area contributed by atoms with E-state index in [-0.39, 0.29) is 6.42 Å². The van der Waals surface area contributed by atoms with Gasteiger partial charge >= 0.3 is 16.8 Å². The monoisotopic (exact) mass is 252 g/mol. The molecular formula is C11H21ClO4. The molecule has 16 heavy (non-hydrogen) atoms. The normalized spacial score (nSPS) is 10.8. The smallest absolute Gasteiger partial charge is 0.307 e. The van der Waals surface area contributed by atoms with Crippen LogP contribution in [0, 0.1) is 10.8 Å². The molecule has 0 N–H and O–H groups in total. The third-order valence-corrected chi connectivity index (χ3v) is 2.68. The zero-order valence-electron chi connectivity index (χ0n) is 9.87. The van der Waals surface area contributed by atoms with E-state index in [1.807, 2.05) is 0 Å². The summed E-state index contributed by atoms with van der Waals surface area (Å²) in [6, 6.07) is 0. The minimum Gasteiger partial charge on any atom is -0.307 e. The second-order valence-corrected chi connectivity index (χ2v) is 4.40. The van der Waals surface area contributed by atoms with Crippen molar-refractivity contribution in [1.29, 1.82) is 0 Å². The van der Waals surface area contributed by atoms with Crippen molar-refractivity contribution in [3.63, 3.8) is 0 Å². The van der Waals surface area contributed by atoms with Gasteiger partial charge in [-0.3, -0.25) is 0 Å². The molecule has 0 aromatic carbocycles. The maximum atomic E-state index is 10.8. The lowest BCUT2D eigenvalue weighted by Gasteiger charge is -1.99. The van der Waals surface area contributed by atoms with Crippen molar-refractivity contribution < 1.29 is 29.2 Å². The molecule has 0 amide bonds. The van der Waals surface area contributed by atoms with Gasteiger partial charge in [-0.1, -0.05) is 56.2 Å². The molecule has 5 heteroatoms. The SMILES string of the molecule is CCCCCCCCCCC(=O)O[Cl+2]([O-])[O-]. The fourth-order valence-electron chi connectivity index (χ4n) is 1.51. The lowest BCUT2D eigenvalue weighted by Crippen LogP contribution is -2.36. The summed E-state index contributed by atoms with van der Waals surface area (Å²) in [7, 11) is -2.39. The maximum absolute atomic E-state index is 10.8. The molecule has 0 aromatic rings. The summed E-state index contributed by atoms with van der Waals surface area (Å²) < 4.78 is 23.9. The average Bonchev–Trinajstić information content (AvgIpc) is 2.21. The van der Waals surface area contributed by atoms with Crippen molar-refractivity contribution >= 4 is 5.97 Å². The van der Waals surface area contributed by atoms with Gasteiger partial charge in [-0.15, -0.1) is 0 Å². The molecule has 0 aliphatic rings. The Morgan fingerprint density at radius 2 is 1.50 bits per heavy atom. The topological polar surface area (TPSA) is 72.4 Å². The first kappa shape index (κ1) is 15.7. The van der Waals surface area contributed by atoms with E-state index in [4.69, 9.17) is 0 Å². The number of hydrogen-bond donors (Lipinski definition) is 0. The van der Waals surface area contributed by atoms with Gasteiger partial charge in [-0.05, 0) is 6.42 Å². The minimum atomic E-state index is -2.39. The second kappa shape index (κ2) is 11.2. The lowest BCUT2D eigenvalue weighted by molar-refractivity contribution is -1.62. The van der Waals surface area contributed by atoms with Gasteiger partial charge in [0, 0.05) is 0 Å². The molecule has 0 radical (unpaired) electrons. The summed E-state index contributed by atoms with van der Waals surface area (Å²) in [5, 5.41) is 0. The number of unbranched alkanes of at least 4 members (excludes halogenated alkanes) is 7. The fourth-order valence-corrected chi connectivity index (χ4v) is 1.73. The van der Waals surface area contributed by atoms with Crippen LogP contribution in [-0.4, -0.2) is 5.97 Å². The summed E-state index contributed by atoms with van der Waals surface area (Å²) in [5.41, 5.74) is 0. The van der Waals surface area contributed by atoms with Gasteiger partial charge in [0.15, 0.2) is 0 Å². The number of rotatable bonds is 10. The Kier molecular flexibility index (Phi) is 11.0. The molecule has 0 saturated heterocycles. The van der Waals surface area contributed by atoms with Crippen molar-refractivity contribution in [3.8, 4) is 0 Å². The average molecular weight is 253 g/mol. The third kappa shape index (κ3) is 11.8. The Hall–Kier alpha value is -0.320. The molecule has 0 heterocycles. The van der Waals surface area contributed by atoms with Crippen molar-refractivity contribution in [3.05, 3.63) is 0 Å². The van der Waals surface area contributed by atoms with Crippen LogP contribution in [0.25, 0.3) is 0 Å². The van der Waals surface area contributed by atoms with E-state index in [1.54, 1.807) is 0 Å². The largest absolute Gasteiger partial charge is 0.421 e. The van der Waals surface area contributed by atoms with Crippen LogP contribution in [0.5, 0.6) is 0 Å². The van der Waals surface area contributed by atoms with Crippen LogP contribution in [-0.2, 0) is 9.08 Å². The van der Waals surface area contributed by atoms with Gasteiger partial charge < -0.3 is 9.32 Å². The molecule has 0 atom stereocenters. The van der Waals surface area contributed by atoms with E-state index in [2.05, 4.69) is 11.2 Å².